The van der Waals surface area contributed by atoms with Gasteiger partial charge in [0.2, 0.25) is 0 Å². The summed E-state index contributed by atoms with van der Waals surface area (Å²) >= 11 is 0. The first-order valence-electron chi connectivity index (χ1n) is 6.82. The maximum atomic E-state index is 12.6. The molecule has 0 radical (unpaired) electrons. The van der Waals surface area contributed by atoms with Crippen LogP contribution in [-0.4, -0.2) is 9.55 Å². The molecule has 0 bridgehead atoms. The van der Waals surface area contributed by atoms with Gasteiger partial charge in [0.1, 0.15) is 17.3 Å². The van der Waals surface area contributed by atoms with E-state index in [2.05, 4.69) is 11.9 Å². The Hall–Kier alpha value is -1.91. The number of fused-ring (bicyclic) bond motifs is 1. The van der Waals surface area contributed by atoms with Gasteiger partial charge < -0.3 is 10.3 Å². The van der Waals surface area contributed by atoms with Crippen molar-refractivity contribution >= 4 is 5.82 Å². The predicted octanol–water partition coefficient (Wildman–Crippen LogP) is 3.97. The van der Waals surface area contributed by atoms with Crippen LogP contribution >= 0.6 is 0 Å². The fourth-order valence-corrected chi connectivity index (χ4v) is 2.78. The van der Waals surface area contributed by atoms with Crippen LogP contribution in [0.2, 0.25) is 0 Å². The van der Waals surface area contributed by atoms with Crippen LogP contribution in [0.25, 0.3) is 11.3 Å². The number of hydrogen-bond donors (Lipinski definition) is 1. The van der Waals surface area contributed by atoms with Gasteiger partial charge in [-0.2, -0.15) is 0 Å². The summed E-state index contributed by atoms with van der Waals surface area (Å²) in [6.45, 7) is 3.02. The number of benzene rings is 1. The summed E-state index contributed by atoms with van der Waals surface area (Å²) in [4.78, 5) is 4.63. The maximum Gasteiger partial charge on any atom is 0.263 e. The van der Waals surface area contributed by atoms with E-state index in [1.54, 1.807) is 12.1 Å². The molecular weight excluding hydrogens is 260 g/mol. The largest absolute Gasteiger partial charge is 0.383 e. The minimum Gasteiger partial charge on any atom is -0.383 e. The van der Waals surface area contributed by atoms with Crippen molar-refractivity contribution in [2.45, 2.75) is 38.7 Å². The van der Waals surface area contributed by atoms with Crippen LogP contribution in [0.5, 0.6) is 0 Å². The number of rotatable bonds is 2. The van der Waals surface area contributed by atoms with Crippen LogP contribution in [-0.2, 0) is 6.54 Å². The van der Waals surface area contributed by atoms with Crippen molar-refractivity contribution in [1.82, 2.24) is 9.55 Å². The molecule has 0 fully saturated rings. The lowest BCUT2D eigenvalue weighted by Gasteiger charge is -2.20. The Morgan fingerprint density at radius 1 is 1.30 bits per heavy atom. The van der Waals surface area contributed by atoms with Crippen LogP contribution in [0.3, 0.4) is 0 Å². The molecule has 0 amide bonds. The van der Waals surface area contributed by atoms with Gasteiger partial charge >= 0.3 is 0 Å². The van der Waals surface area contributed by atoms with Crippen molar-refractivity contribution in [2.24, 2.45) is 0 Å². The Kier molecular flexibility index (Phi) is 3.20. The molecule has 1 unspecified atom stereocenters. The highest BCUT2D eigenvalue weighted by Crippen LogP contribution is 2.34. The smallest absolute Gasteiger partial charge is 0.263 e. The second-order valence-electron chi connectivity index (χ2n) is 5.32. The van der Waals surface area contributed by atoms with Crippen molar-refractivity contribution in [3.05, 3.63) is 35.7 Å². The molecule has 3 nitrogen and oxygen atoms in total. The Morgan fingerprint density at radius 3 is 2.60 bits per heavy atom. The second kappa shape index (κ2) is 4.89. The number of halogens is 2. The Morgan fingerprint density at radius 2 is 2.00 bits per heavy atom. The third-order valence-electron chi connectivity index (χ3n) is 3.93. The van der Waals surface area contributed by atoms with E-state index in [-0.39, 0.29) is 5.56 Å². The van der Waals surface area contributed by atoms with Crippen molar-refractivity contribution in [3.63, 3.8) is 0 Å². The highest BCUT2D eigenvalue weighted by molar-refractivity contribution is 5.71. The van der Waals surface area contributed by atoms with Crippen molar-refractivity contribution < 1.29 is 8.78 Å². The zero-order chi connectivity index (χ0) is 14.3. The van der Waals surface area contributed by atoms with E-state index in [9.17, 15) is 8.78 Å². The summed E-state index contributed by atoms with van der Waals surface area (Å²) in [7, 11) is 0. The Balaban J connectivity index is 2.02. The summed E-state index contributed by atoms with van der Waals surface area (Å²) in [6, 6.07) is 6.19. The Bertz CT molecular complexity index is 617. The molecule has 0 saturated heterocycles. The molecule has 1 aliphatic heterocycles. The topological polar surface area (TPSA) is 43.8 Å². The van der Waals surface area contributed by atoms with Crippen LogP contribution in [0.15, 0.2) is 24.3 Å². The lowest BCUT2D eigenvalue weighted by molar-refractivity contribution is 0.151. The molecular formula is C15H17F2N3. The molecule has 1 aliphatic rings. The van der Waals surface area contributed by atoms with E-state index in [1.807, 2.05) is 4.57 Å². The number of nitrogens with zero attached hydrogens (tertiary/aromatic N) is 2. The predicted molar refractivity (Wildman–Crippen MR) is 74.7 cm³/mol. The van der Waals surface area contributed by atoms with E-state index in [0.29, 0.717) is 17.4 Å². The zero-order valence-corrected chi connectivity index (χ0v) is 11.3. The van der Waals surface area contributed by atoms with Crippen LogP contribution in [0.4, 0.5) is 14.6 Å². The molecule has 20 heavy (non-hydrogen) atoms. The minimum absolute atomic E-state index is 0.0182. The van der Waals surface area contributed by atoms with Crippen molar-refractivity contribution in [1.29, 1.82) is 0 Å². The fourth-order valence-electron chi connectivity index (χ4n) is 2.78. The quantitative estimate of drug-likeness (QED) is 0.902. The molecule has 2 aromatic rings. The van der Waals surface area contributed by atoms with Crippen molar-refractivity contribution in [3.8, 4) is 11.3 Å². The van der Waals surface area contributed by atoms with Gasteiger partial charge in [-0.25, -0.2) is 13.8 Å². The average molecular weight is 277 g/mol. The van der Waals surface area contributed by atoms with Gasteiger partial charge in [0.15, 0.2) is 0 Å². The van der Waals surface area contributed by atoms with Gasteiger partial charge in [0.05, 0.1) is 0 Å². The summed E-state index contributed by atoms with van der Waals surface area (Å²) in [5.41, 5.74) is 7.68. The SMILES string of the molecule is CC1CCCn2c1nc(-c1ccc(C(F)F)cc1)c2N. The van der Waals surface area contributed by atoms with E-state index < -0.39 is 6.43 Å². The monoisotopic (exact) mass is 277 g/mol. The molecule has 3 rings (SSSR count). The first-order chi connectivity index (χ1) is 9.58. The molecule has 0 spiro atoms. The molecule has 106 valence electrons. The van der Waals surface area contributed by atoms with Gasteiger partial charge in [-0.1, -0.05) is 31.2 Å². The normalized spacial score (nSPS) is 18.3. The summed E-state index contributed by atoms with van der Waals surface area (Å²) in [5.74, 6) is 2.03. The van der Waals surface area contributed by atoms with Crippen molar-refractivity contribution in [2.75, 3.05) is 5.73 Å². The van der Waals surface area contributed by atoms with Gasteiger partial charge in [0, 0.05) is 23.6 Å². The third kappa shape index (κ3) is 2.07. The number of hydrogen-bond acceptors (Lipinski definition) is 2. The van der Waals surface area contributed by atoms with Gasteiger partial charge in [0.25, 0.3) is 6.43 Å². The summed E-state index contributed by atoms with van der Waals surface area (Å²) < 4.78 is 27.2. The minimum atomic E-state index is -2.45. The fraction of sp³-hybridized carbons (Fsp3) is 0.400. The standard InChI is InChI=1S/C15H17F2N3/c1-9-3-2-8-20-14(18)12(19-15(9)20)10-4-6-11(7-5-10)13(16)17/h4-7,9,13H,2-3,8,18H2,1H3. The zero-order valence-electron chi connectivity index (χ0n) is 11.3. The first kappa shape index (κ1) is 13.1. The average Bonchev–Trinajstić information content (AvgIpc) is 2.78. The Labute approximate surface area is 116 Å². The van der Waals surface area contributed by atoms with E-state index >= 15 is 0 Å². The lowest BCUT2D eigenvalue weighted by Crippen LogP contribution is -2.15. The number of imidazole rings is 1. The maximum absolute atomic E-state index is 12.6. The highest BCUT2D eigenvalue weighted by Gasteiger charge is 2.23. The molecule has 1 aromatic heterocycles. The molecule has 0 saturated carbocycles. The highest BCUT2D eigenvalue weighted by atomic mass is 19.3. The number of nitrogen functional groups attached to an aromatic ring is 1. The summed E-state index contributed by atoms with van der Waals surface area (Å²) in [5, 5.41) is 0. The van der Waals surface area contributed by atoms with E-state index in [4.69, 9.17) is 5.73 Å². The number of alkyl halides is 2. The van der Waals surface area contributed by atoms with E-state index in [0.717, 1.165) is 30.8 Å². The number of nitrogens with two attached hydrogens (primary N) is 1. The first-order valence-corrected chi connectivity index (χ1v) is 6.82. The van der Waals surface area contributed by atoms with Crippen LogP contribution in [0.1, 0.15) is 43.5 Å². The van der Waals surface area contributed by atoms with Crippen LogP contribution < -0.4 is 5.73 Å². The van der Waals surface area contributed by atoms with E-state index in [1.165, 1.54) is 12.1 Å². The molecule has 1 aromatic carbocycles. The molecule has 5 heteroatoms. The lowest BCUT2D eigenvalue weighted by atomic mass is 10.0. The van der Waals surface area contributed by atoms with Gasteiger partial charge in [-0.05, 0) is 12.8 Å². The molecule has 1 atom stereocenters. The molecule has 2 heterocycles. The summed E-state index contributed by atoms with van der Waals surface area (Å²) in [6.07, 6.45) is -0.241. The van der Waals surface area contributed by atoms with Crippen LogP contribution in [0, 0.1) is 0 Å². The number of anilines is 1. The second-order valence-corrected chi connectivity index (χ2v) is 5.32. The molecule has 2 N–H and O–H groups in total. The number of aromatic nitrogens is 2. The third-order valence-corrected chi connectivity index (χ3v) is 3.93. The van der Waals surface area contributed by atoms with Gasteiger partial charge in [-0.15, -0.1) is 0 Å². The van der Waals surface area contributed by atoms with Gasteiger partial charge in [-0.3, -0.25) is 0 Å². The molecule has 0 aliphatic carbocycles.